The molecule has 216 valence electrons. The van der Waals surface area contributed by atoms with Crippen LogP contribution in [0.4, 0.5) is 5.69 Å². The summed E-state index contributed by atoms with van der Waals surface area (Å²) in [6.07, 6.45) is 0. The summed E-state index contributed by atoms with van der Waals surface area (Å²) < 4.78 is 2.30. The van der Waals surface area contributed by atoms with Crippen molar-refractivity contribution in [1.29, 1.82) is 0 Å². The van der Waals surface area contributed by atoms with Gasteiger partial charge in [-0.25, -0.2) is 19.8 Å². The van der Waals surface area contributed by atoms with Crippen LogP contribution in [-0.4, -0.2) is 19.5 Å². The summed E-state index contributed by atoms with van der Waals surface area (Å²) in [6.45, 7) is 9.82. The first-order chi connectivity index (χ1) is 22.7. The molecule has 2 heterocycles. The second-order valence-electron chi connectivity index (χ2n) is 11.3. The molecule has 5 nitrogen and oxygen atoms in total. The monoisotopic (exact) mass is 589 g/mol. The zero-order chi connectivity index (χ0) is 31.0. The van der Waals surface area contributed by atoms with Crippen molar-refractivity contribution in [1.82, 2.24) is 19.5 Å². The first-order valence-electron chi connectivity index (χ1n) is 15.2. The topological polar surface area (TPSA) is 48.0 Å². The molecule has 2 aromatic heterocycles. The Labute approximate surface area is 266 Å². The Morgan fingerprint density at radius 2 is 1.04 bits per heavy atom. The third kappa shape index (κ3) is 4.70. The second kappa shape index (κ2) is 11.3. The van der Waals surface area contributed by atoms with E-state index in [4.69, 9.17) is 21.5 Å². The molecule has 0 radical (unpaired) electrons. The molecular weight excluding hydrogens is 562 g/mol. The Kier molecular flexibility index (Phi) is 6.67. The number of hydrogen-bond donors (Lipinski definition) is 0. The van der Waals surface area contributed by atoms with Gasteiger partial charge in [-0.05, 0) is 59.3 Å². The average molecular weight is 590 g/mol. The van der Waals surface area contributed by atoms with Crippen molar-refractivity contribution in [3.63, 3.8) is 0 Å². The molecule has 8 rings (SSSR count). The van der Waals surface area contributed by atoms with Crippen LogP contribution in [-0.2, 0) is 0 Å². The van der Waals surface area contributed by atoms with E-state index in [9.17, 15) is 0 Å². The number of rotatable bonds is 5. The lowest BCUT2D eigenvalue weighted by Crippen LogP contribution is -2.01. The maximum absolute atomic E-state index is 7.69. The number of benzene rings is 6. The Morgan fingerprint density at radius 3 is 1.70 bits per heavy atom. The zero-order valence-corrected chi connectivity index (χ0v) is 25.1. The van der Waals surface area contributed by atoms with E-state index in [1.165, 1.54) is 5.56 Å². The van der Waals surface area contributed by atoms with E-state index in [0.29, 0.717) is 23.2 Å². The van der Waals surface area contributed by atoms with Crippen LogP contribution < -0.4 is 0 Å². The van der Waals surface area contributed by atoms with Crippen LogP contribution in [0.15, 0.2) is 146 Å². The van der Waals surface area contributed by atoms with Crippen LogP contribution >= 0.6 is 0 Å². The van der Waals surface area contributed by atoms with E-state index in [2.05, 4.69) is 77.0 Å². The summed E-state index contributed by atoms with van der Waals surface area (Å²) in [4.78, 5) is 18.7. The van der Waals surface area contributed by atoms with Crippen molar-refractivity contribution < 1.29 is 0 Å². The van der Waals surface area contributed by atoms with Gasteiger partial charge in [-0.15, -0.1) is 0 Å². The summed E-state index contributed by atoms with van der Waals surface area (Å²) in [5, 5.41) is 2.13. The molecule has 0 N–H and O–H groups in total. The van der Waals surface area contributed by atoms with Crippen molar-refractivity contribution >= 4 is 27.5 Å². The molecule has 0 aliphatic rings. The normalized spacial score (nSPS) is 11.1. The minimum absolute atomic E-state index is 0.612. The largest absolute Gasteiger partial charge is 0.309 e. The first-order valence-corrected chi connectivity index (χ1v) is 15.2. The van der Waals surface area contributed by atoms with Gasteiger partial charge in [0.05, 0.1) is 17.6 Å². The smallest absolute Gasteiger partial charge is 0.188 e. The molecule has 0 unspecified atom stereocenters. The fourth-order valence-electron chi connectivity index (χ4n) is 6.18. The lowest BCUT2D eigenvalue weighted by atomic mass is 9.97. The average Bonchev–Trinajstić information content (AvgIpc) is 3.45. The molecule has 0 amide bonds. The molecule has 0 fully saturated rings. The van der Waals surface area contributed by atoms with Gasteiger partial charge < -0.3 is 4.57 Å². The summed E-state index contributed by atoms with van der Waals surface area (Å²) in [5.74, 6) is 1.87. The maximum Gasteiger partial charge on any atom is 0.188 e. The van der Waals surface area contributed by atoms with Gasteiger partial charge in [0, 0.05) is 27.8 Å². The predicted octanol–water partition coefficient (Wildman–Crippen LogP) is 10.5. The van der Waals surface area contributed by atoms with Crippen molar-refractivity contribution in [3.05, 3.63) is 163 Å². The van der Waals surface area contributed by atoms with Gasteiger partial charge in [-0.2, -0.15) is 0 Å². The molecule has 0 spiro atoms. The van der Waals surface area contributed by atoms with Crippen LogP contribution in [0, 0.1) is 13.5 Å². The van der Waals surface area contributed by atoms with Crippen LogP contribution in [0.1, 0.15) is 5.56 Å². The minimum Gasteiger partial charge on any atom is -0.309 e. The van der Waals surface area contributed by atoms with E-state index in [-0.39, 0.29) is 0 Å². The number of nitrogens with zero attached hydrogens (tertiary/aromatic N) is 5. The Hall–Kier alpha value is -6.38. The van der Waals surface area contributed by atoms with Crippen LogP contribution in [0.3, 0.4) is 0 Å². The van der Waals surface area contributed by atoms with Crippen LogP contribution in [0.25, 0.3) is 77.6 Å². The van der Waals surface area contributed by atoms with Gasteiger partial charge >= 0.3 is 0 Å². The SMILES string of the molecule is [C-]#[N+]c1ccc2c(c1)c1cc(-c3ccccc3-c3nc(-c4ccccc4)nc(-c4ccccc4)n3)ccc1n2-c1ccccc1C. The molecule has 0 saturated carbocycles. The van der Waals surface area contributed by atoms with Crippen LogP contribution in [0.5, 0.6) is 0 Å². The lowest BCUT2D eigenvalue weighted by Gasteiger charge is -2.13. The molecule has 0 aliphatic carbocycles. The molecule has 0 aliphatic heterocycles. The summed E-state index contributed by atoms with van der Waals surface area (Å²) in [5.41, 5.74) is 9.93. The third-order valence-electron chi connectivity index (χ3n) is 8.41. The fourth-order valence-corrected chi connectivity index (χ4v) is 6.18. The van der Waals surface area contributed by atoms with Gasteiger partial charge in [-0.3, -0.25) is 0 Å². The molecule has 5 heteroatoms. The van der Waals surface area contributed by atoms with Crippen LogP contribution in [0.2, 0.25) is 0 Å². The number of fused-ring (bicyclic) bond motifs is 3. The van der Waals surface area contributed by atoms with Crippen molar-refractivity contribution in [2.75, 3.05) is 0 Å². The number of hydrogen-bond acceptors (Lipinski definition) is 3. The Morgan fingerprint density at radius 1 is 0.500 bits per heavy atom. The Balaban J connectivity index is 1.35. The fraction of sp³-hybridized carbons (Fsp3) is 0.0244. The third-order valence-corrected chi connectivity index (χ3v) is 8.41. The van der Waals surface area contributed by atoms with E-state index >= 15 is 0 Å². The minimum atomic E-state index is 0.612. The zero-order valence-electron chi connectivity index (χ0n) is 25.1. The number of aromatic nitrogens is 4. The summed E-state index contributed by atoms with van der Waals surface area (Å²) in [7, 11) is 0. The molecule has 46 heavy (non-hydrogen) atoms. The second-order valence-corrected chi connectivity index (χ2v) is 11.3. The summed E-state index contributed by atoms with van der Waals surface area (Å²) >= 11 is 0. The highest BCUT2D eigenvalue weighted by atomic mass is 15.0. The maximum atomic E-state index is 7.69. The standard InChI is InChI=1S/C41H27N5/c1-27-13-9-12-20-36(27)46-37-23-21-30(25-34(37)35-26-31(42-2)22-24-38(35)46)32-18-10-11-19-33(32)41-44-39(28-14-5-3-6-15-28)43-40(45-41)29-16-7-4-8-17-29/h3-26H,1H3. The van der Waals surface area contributed by atoms with Gasteiger partial charge in [0.15, 0.2) is 23.2 Å². The highest BCUT2D eigenvalue weighted by Crippen LogP contribution is 2.39. The molecule has 8 aromatic rings. The van der Waals surface area contributed by atoms with E-state index < -0.39 is 0 Å². The molecular formula is C41H27N5. The van der Waals surface area contributed by atoms with Gasteiger partial charge in [-0.1, -0.05) is 115 Å². The first kappa shape index (κ1) is 27.2. The molecule has 0 saturated heterocycles. The predicted molar refractivity (Wildman–Crippen MR) is 187 cm³/mol. The van der Waals surface area contributed by atoms with Gasteiger partial charge in [0.1, 0.15) is 0 Å². The summed E-state index contributed by atoms with van der Waals surface area (Å²) in [6, 6.07) is 49.3. The van der Waals surface area contributed by atoms with Gasteiger partial charge in [0.25, 0.3) is 0 Å². The van der Waals surface area contributed by atoms with E-state index in [1.807, 2.05) is 84.9 Å². The quantitative estimate of drug-likeness (QED) is 0.188. The van der Waals surface area contributed by atoms with Crippen molar-refractivity contribution in [2.45, 2.75) is 6.92 Å². The number of aryl methyl sites for hydroxylation is 1. The van der Waals surface area contributed by atoms with Crippen molar-refractivity contribution in [2.24, 2.45) is 0 Å². The molecule has 6 aromatic carbocycles. The molecule has 0 bridgehead atoms. The van der Waals surface area contributed by atoms with Crippen molar-refractivity contribution in [3.8, 4) is 51.0 Å². The van der Waals surface area contributed by atoms with E-state index in [0.717, 1.165) is 55.3 Å². The van der Waals surface area contributed by atoms with Gasteiger partial charge in [0.2, 0.25) is 0 Å². The molecule has 0 atom stereocenters. The highest BCUT2D eigenvalue weighted by Gasteiger charge is 2.18. The lowest BCUT2D eigenvalue weighted by molar-refractivity contribution is 1.07. The van der Waals surface area contributed by atoms with E-state index in [1.54, 1.807) is 0 Å². The highest BCUT2D eigenvalue weighted by molar-refractivity contribution is 6.11. The Bertz CT molecular complexity index is 2380. The number of para-hydroxylation sites is 1.